The van der Waals surface area contributed by atoms with E-state index in [0.29, 0.717) is 18.0 Å². The average molecular weight is 332 g/mol. The van der Waals surface area contributed by atoms with Crippen molar-refractivity contribution in [3.63, 3.8) is 0 Å². The first-order chi connectivity index (χ1) is 11.5. The normalized spacial score (nSPS) is 10.5. The van der Waals surface area contributed by atoms with Gasteiger partial charge in [0.2, 0.25) is 0 Å². The lowest BCUT2D eigenvalue weighted by Crippen LogP contribution is -2.20. The minimum absolute atomic E-state index is 0.146. The first-order valence-electron chi connectivity index (χ1n) is 7.59. The van der Waals surface area contributed by atoms with Crippen LogP contribution in [0.25, 0.3) is 0 Å². The smallest absolute Gasteiger partial charge is 0.262 e. The topological polar surface area (TPSA) is 50.8 Å². The van der Waals surface area contributed by atoms with Crippen LogP contribution < -0.4 is 14.8 Å². The van der Waals surface area contributed by atoms with E-state index in [1.807, 2.05) is 19.0 Å². The van der Waals surface area contributed by atoms with Gasteiger partial charge in [0.25, 0.3) is 5.91 Å². The van der Waals surface area contributed by atoms with E-state index in [1.54, 1.807) is 24.3 Å². The van der Waals surface area contributed by atoms with Gasteiger partial charge in [0.05, 0.1) is 0 Å². The molecule has 0 atom stereocenters. The van der Waals surface area contributed by atoms with Crippen LogP contribution in [0.2, 0.25) is 0 Å². The summed E-state index contributed by atoms with van der Waals surface area (Å²) in [5.41, 5.74) is 0.655. The Kier molecular flexibility index (Phi) is 6.57. The lowest BCUT2D eigenvalue weighted by atomic mass is 10.3. The fraction of sp³-hybridized carbons (Fsp3) is 0.278. The summed E-state index contributed by atoms with van der Waals surface area (Å²) in [5, 5.41) is 2.72. The zero-order valence-corrected chi connectivity index (χ0v) is 13.8. The molecule has 0 spiro atoms. The SMILES string of the molecule is CN(C)CCOc1ccc(NC(=O)COc2ccc(F)cc2)cc1. The first kappa shape index (κ1) is 17.7. The molecule has 24 heavy (non-hydrogen) atoms. The second-order valence-electron chi connectivity index (χ2n) is 5.47. The Morgan fingerprint density at radius 2 is 1.58 bits per heavy atom. The Morgan fingerprint density at radius 1 is 1.00 bits per heavy atom. The molecule has 1 amide bonds. The number of amides is 1. The van der Waals surface area contributed by atoms with Gasteiger partial charge in [-0.1, -0.05) is 0 Å². The number of nitrogens with one attached hydrogen (secondary N) is 1. The molecule has 0 saturated carbocycles. The largest absolute Gasteiger partial charge is 0.492 e. The molecule has 1 N–H and O–H groups in total. The van der Waals surface area contributed by atoms with Gasteiger partial charge >= 0.3 is 0 Å². The minimum atomic E-state index is -0.348. The molecule has 0 fully saturated rings. The number of rotatable bonds is 8. The molecule has 0 aliphatic carbocycles. The van der Waals surface area contributed by atoms with Crippen molar-refractivity contribution < 1.29 is 18.7 Å². The van der Waals surface area contributed by atoms with Crippen molar-refractivity contribution >= 4 is 11.6 Å². The molecule has 5 nitrogen and oxygen atoms in total. The molecule has 0 radical (unpaired) electrons. The number of hydrogen-bond donors (Lipinski definition) is 1. The highest BCUT2D eigenvalue weighted by molar-refractivity contribution is 5.91. The van der Waals surface area contributed by atoms with Crippen molar-refractivity contribution in [2.75, 3.05) is 39.2 Å². The molecule has 0 saturated heterocycles. The molecule has 0 aromatic heterocycles. The number of likely N-dealkylation sites (N-methyl/N-ethyl adjacent to an activating group) is 1. The highest BCUT2D eigenvalue weighted by Crippen LogP contribution is 2.16. The molecule has 0 unspecified atom stereocenters. The maximum atomic E-state index is 12.8. The third kappa shape index (κ3) is 6.26. The van der Waals surface area contributed by atoms with Crippen molar-refractivity contribution in [2.45, 2.75) is 0 Å². The van der Waals surface area contributed by atoms with Gasteiger partial charge in [-0.25, -0.2) is 4.39 Å². The molecule has 0 aliphatic rings. The third-order valence-corrected chi connectivity index (χ3v) is 3.13. The molecule has 0 heterocycles. The Hall–Kier alpha value is -2.60. The summed E-state index contributed by atoms with van der Waals surface area (Å²) >= 11 is 0. The summed E-state index contributed by atoms with van der Waals surface area (Å²) in [6.45, 7) is 1.29. The van der Waals surface area contributed by atoms with Gasteiger partial charge in [0.1, 0.15) is 23.9 Å². The van der Waals surface area contributed by atoms with Gasteiger partial charge in [-0.15, -0.1) is 0 Å². The summed E-state index contributed by atoms with van der Waals surface area (Å²) in [7, 11) is 3.96. The second kappa shape index (κ2) is 8.88. The highest BCUT2D eigenvalue weighted by atomic mass is 19.1. The summed E-state index contributed by atoms with van der Waals surface area (Å²) in [4.78, 5) is 13.9. The van der Waals surface area contributed by atoms with E-state index in [0.717, 1.165) is 12.3 Å². The number of ether oxygens (including phenoxy) is 2. The Labute approximate surface area is 141 Å². The van der Waals surface area contributed by atoms with E-state index in [9.17, 15) is 9.18 Å². The van der Waals surface area contributed by atoms with Gasteiger partial charge in [-0.2, -0.15) is 0 Å². The molecule has 2 aromatic carbocycles. The maximum absolute atomic E-state index is 12.8. The summed E-state index contributed by atoms with van der Waals surface area (Å²) in [6, 6.07) is 12.6. The zero-order valence-electron chi connectivity index (χ0n) is 13.8. The molecule has 6 heteroatoms. The van der Waals surface area contributed by atoms with Crippen LogP contribution in [-0.2, 0) is 4.79 Å². The number of anilines is 1. The standard InChI is InChI=1S/C18H21FN2O3/c1-21(2)11-12-23-16-9-5-15(6-10-16)20-18(22)13-24-17-7-3-14(19)4-8-17/h3-10H,11-13H2,1-2H3,(H,20,22). The van der Waals surface area contributed by atoms with E-state index in [2.05, 4.69) is 5.32 Å². The fourth-order valence-corrected chi connectivity index (χ4v) is 1.86. The van der Waals surface area contributed by atoms with E-state index in [-0.39, 0.29) is 18.3 Å². The highest BCUT2D eigenvalue weighted by Gasteiger charge is 2.04. The number of carbonyl (C=O) groups is 1. The van der Waals surface area contributed by atoms with Crippen molar-refractivity contribution in [1.29, 1.82) is 0 Å². The molecular formula is C18H21FN2O3. The quantitative estimate of drug-likeness (QED) is 0.808. The number of benzene rings is 2. The fourth-order valence-electron chi connectivity index (χ4n) is 1.86. The number of halogens is 1. The van der Waals surface area contributed by atoms with E-state index in [4.69, 9.17) is 9.47 Å². The second-order valence-corrected chi connectivity index (χ2v) is 5.47. The predicted molar refractivity (Wildman–Crippen MR) is 91.0 cm³/mol. The Balaban J connectivity index is 1.76. The van der Waals surface area contributed by atoms with Crippen LogP contribution in [0.15, 0.2) is 48.5 Å². The van der Waals surface area contributed by atoms with Crippen LogP contribution in [0.1, 0.15) is 0 Å². The van der Waals surface area contributed by atoms with Crippen LogP contribution in [-0.4, -0.2) is 44.7 Å². The van der Waals surface area contributed by atoms with Crippen molar-refractivity contribution in [1.82, 2.24) is 4.90 Å². The first-order valence-corrected chi connectivity index (χ1v) is 7.59. The lowest BCUT2D eigenvalue weighted by molar-refractivity contribution is -0.118. The number of hydrogen-bond acceptors (Lipinski definition) is 4. The van der Waals surface area contributed by atoms with E-state index >= 15 is 0 Å². The van der Waals surface area contributed by atoms with Gasteiger partial charge in [-0.3, -0.25) is 4.79 Å². The number of carbonyl (C=O) groups excluding carboxylic acids is 1. The van der Waals surface area contributed by atoms with Crippen LogP contribution in [0.4, 0.5) is 10.1 Å². The summed E-state index contributed by atoms with van der Waals surface area (Å²) in [6.07, 6.45) is 0. The maximum Gasteiger partial charge on any atom is 0.262 e. The average Bonchev–Trinajstić information content (AvgIpc) is 2.56. The predicted octanol–water partition coefficient (Wildman–Crippen LogP) is 2.78. The monoisotopic (exact) mass is 332 g/mol. The summed E-state index contributed by atoms with van der Waals surface area (Å²) in [5.74, 6) is 0.550. The molecule has 0 aliphatic heterocycles. The van der Waals surface area contributed by atoms with Gasteiger partial charge < -0.3 is 19.7 Å². The molecule has 2 aromatic rings. The number of nitrogens with zero attached hydrogens (tertiary/aromatic N) is 1. The minimum Gasteiger partial charge on any atom is -0.492 e. The van der Waals surface area contributed by atoms with Gasteiger partial charge in [0, 0.05) is 12.2 Å². The van der Waals surface area contributed by atoms with E-state index in [1.165, 1.54) is 24.3 Å². The molecule has 0 bridgehead atoms. The van der Waals surface area contributed by atoms with Crippen LogP contribution in [0.3, 0.4) is 0 Å². The van der Waals surface area contributed by atoms with Crippen molar-refractivity contribution in [3.05, 3.63) is 54.3 Å². The van der Waals surface area contributed by atoms with Crippen LogP contribution >= 0.6 is 0 Å². The molecule has 2 rings (SSSR count). The van der Waals surface area contributed by atoms with Gasteiger partial charge in [-0.05, 0) is 62.6 Å². The Morgan fingerprint density at radius 3 is 2.21 bits per heavy atom. The summed E-state index contributed by atoms with van der Waals surface area (Å²) < 4.78 is 23.6. The molecular weight excluding hydrogens is 311 g/mol. The van der Waals surface area contributed by atoms with Gasteiger partial charge in [0.15, 0.2) is 6.61 Å². The van der Waals surface area contributed by atoms with E-state index < -0.39 is 0 Å². The third-order valence-electron chi connectivity index (χ3n) is 3.13. The molecule has 128 valence electrons. The lowest BCUT2D eigenvalue weighted by Gasteiger charge is -2.11. The zero-order chi connectivity index (χ0) is 17.4. The van der Waals surface area contributed by atoms with Crippen LogP contribution in [0.5, 0.6) is 11.5 Å². The van der Waals surface area contributed by atoms with Crippen molar-refractivity contribution in [2.24, 2.45) is 0 Å². The van der Waals surface area contributed by atoms with Crippen LogP contribution in [0, 0.1) is 5.82 Å². The Bertz CT molecular complexity index is 642. The van der Waals surface area contributed by atoms with Crippen molar-refractivity contribution in [3.8, 4) is 11.5 Å².